The molecule has 2 rings (SSSR count). The minimum Gasteiger partial charge on any atom is -0.489 e. The summed E-state index contributed by atoms with van der Waals surface area (Å²) in [7, 11) is 0. The zero-order valence-corrected chi connectivity index (χ0v) is 13.0. The van der Waals surface area contributed by atoms with Crippen molar-refractivity contribution in [1.82, 2.24) is 4.72 Å². The summed E-state index contributed by atoms with van der Waals surface area (Å²) in [5.41, 5.74) is -0.0727. The quantitative estimate of drug-likeness (QED) is 0.851. The van der Waals surface area contributed by atoms with E-state index in [-0.39, 0.29) is 16.7 Å². The molecule has 1 aromatic carbocycles. The van der Waals surface area contributed by atoms with Gasteiger partial charge in [-0.2, -0.15) is 0 Å². The van der Waals surface area contributed by atoms with Crippen molar-refractivity contribution in [3.05, 3.63) is 28.5 Å². The molecule has 1 aromatic rings. The molecule has 3 nitrogen and oxygen atoms in total. The second-order valence-electron chi connectivity index (χ2n) is 5.06. The first-order valence-corrected chi connectivity index (χ1v) is 8.10. The second kappa shape index (κ2) is 6.68. The molecule has 2 unspecified atom stereocenters. The number of hydrogen-bond acceptors (Lipinski definition) is 3. The number of ether oxygens (including phenoxy) is 1. The van der Waals surface area contributed by atoms with Crippen LogP contribution < -0.4 is 9.46 Å². The Morgan fingerprint density at radius 1 is 1.50 bits per heavy atom. The van der Waals surface area contributed by atoms with Gasteiger partial charge in [0.15, 0.2) is 0 Å². The molecule has 2 atom stereocenters. The van der Waals surface area contributed by atoms with Crippen LogP contribution in [0.4, 0.5) is 4.39 Å². The molecule has 0 aliphatic heterocycles. The van der Waals surface area contributed by atoms with Gasteiger partial charge in [0.2, 0.25) is 0 Å². The van der Waals surface area contributed by atoms with Crippen molar-refractivity contribution in [1.29, 1.82) is 0 Å². The van der Waals surface area contributed by atoms with Crippen LogP contribution in [0.25, 0.3) is 0 Å². The van der Waals surface area contributed by atoms with Crippen LogP contribution in [0.1, 0.15) is 36.5 Å². The lowest BCUT2D eigenvalue weighted by Gasteiger charge is -2.15. The molecule has 0 bridgehead atoms. The normalized spacial score (nSPS) is 21.8. The molecule has 0 aromatic heterocycles. The van der Waals surface area contributed by atoms with Crippen LogP contribution in [0, 0.1) is 11.7 Å². The standard InChI is InChI=1S/C14H17ClFNO2S/c1-8-3-4-9(5-8)19-13-7-12(16)10(6-11(13)15)14(18)17-20-2/h6-9H,3-5H2,1-2H3,(H,17,18). The molecule has 20 heavy (non-hydrogen) atoms. The Morgan fingerprint density at radius 3 is 2.85 bits per heavy atom. The molecule has 1 N–H and O–H groups in total. The van der Waals surface area contributed by atoms with Gasteiger partial charge in [0.25, 0.3) is 5.91 Å². The molecule has 0 saturated heterocycles. The highest BCUT2D eigenvalue weighted by molar-refractivity contribution is 7.97. The highest BCUT2D eigenvalue weighted by Gasteiger charge is 2.24. The smallest absolute Gasteiger partial charge is 0.264 e. The maximum absolute atomic E-state index is 13.9. The largest absolute Gasteiger partial charge is 0.489 e. The predicted octanol–water partition coefficient (Wildman–Crippen LogP) is 4.05. The summed E-state index contributed by atoms with van der Waals surface area (Å²) in [6, 6.07) is 2.51. The van der Waals surface area contributed by atoms with E-state index in [1.54, 1.807) is 6.26 Å². The Balaban J connectivity index is 2.15. The molecule has 1 fully saturated rings. The average molecular weight is 318 g/mol. The zero-order chi connectivity index (χ0) is 14.7. The number of nitrogens with one attached hydrogen (secondary N) is 1. The molecule has 1 saturated carbocycles. The fourth-order valence-electron chi connectivity index (χ4n) is 2.38. The first-order chi connectivity index (χ1) is 9.51. The van der Waals surface area contributed by atoms with E-state index < -0.39 is 11.7 Å². The highest BCUT2D eigenvalue weighted by Crippen LogP contribution is 2.33. The minimum absolute atomic E-state index is 0.0727. The van der Waals surface area contributed by atoms with Crippen molar-refractivity contribution in [3.8, 4) is 5.75 Å². The Morgan fingerprint density at radius 2 is 2.25 bits per heavy atom. The summed E-state index contributed by atoms with van der Waals surface area (Å²) in [4.78, 5) is 11.6. The van der Waals surface area contributed by atoms with E-state index in [9.17, 15) is 9.18 Å². The Kier molecular flexibility index (Phi) is 5.16. The third-order valence-electron chi connectivity index (χ3n) is 3.40. The second-order valence-corrected chi connectivity index (χ2v) is 6.08. The van der Waals surface area contributed by atoms with Gasteiger partial charge in [-0.15, -0.1) is 0 Å². The average Bonchev–Trinajstić information content (AvgIpc) is 2.79. The third-order valence-corrected chi connectivity index (χ3v) is 4.09. The summed E-state index contributed by atoms with van der Waals surface area (Å²) in [5, 5.41) is 0.261. The number of halogens is 2. The van der Waals surface area contributed by atoms with Gasteiger partial charge >= 0.3 is 0 Å². The number of carbonyl (C=O) groups is 1. The van der Waals surface area contributed by atoms with Crippen molar-refractivity contribution >= 4 is 29.5 Å². The van der Waals surface area contributed by atoms with Crippen molar-refractivity contribution in [2.75, 3.05) is 6.26 Å². The molecule has 0 radical (unpaired) electrons. The summed E-state index contributed by atoms with van der Waals surface area (Å²) in [6.45, 7) is 2.17. The van der Waals surface area contributed by atoms with Crippen LogP contribution in [-0.2, 0) is 0 Å². The van der Waals surface area contributed by atoms with Gasteiger partial charge in [-0.25, -0.2) is 4.39 Å². The predicted molar refractivity (Wildman–Crippen MR) is 79.8 cm³/mol. The molecular weight excluding hydrogens is 301 g/mol. The Bertz CT molecular complexity index is 512. The summed E-state index contributed by atoms with van der Waals surface area (Å²) < 4.78 is 22.2. The summed E-state index contributed by atoms with van der Waals surface area (Å²) >= 11 is 7.19. The molecule has 6 heteroatoms. The van der Waals surface area contributed by atoms with Gasteiger partial charge in [-0.3, -0.25) is 9.52 Å². The molecule has 1 amide bonds. The van der Waals surface area contributed by atoms with Gasteiger partial charge in [0.1, 0.15) is 11.6 Å². The lowest BCUT2D eigenvalue weighted by atomic mass is 10.1. The monoisotopic (exact) mass is 317 g/mol. The number of amides is 1. The Hall–Kier alpha value is -0.940. The molecule has 1 aliphatic rings. The van der Waals surface area contributed by atoms with Crippen LogP contribution in [0.15, 0.2) is 12.1 Å². The van der Waals surface area contributed by atoms with Gasteiger partial charge in [0.05, 0.1) is 16.7 Å². The maximum atomic E-state index is 13.9. The van der Waals surface area contributed by atoms with Crippen molar-refractivity contribution in [3.63, 3.8) is 0 Å². The third kappa shape index (κ3) is 3.58. The molecule has 1 aliphatic carbocycles. The van der Waals surface area contributed by atoms with Crippen LogP contribution in [-0.4, -0.2) is 18.3 Å². The fourth-order valence-corrected chi connectivity index (χ4v) is 2.89. The first-order valence-electron chi connectivity index (χ1n) is 6.50. The van der Waals surface area contributed by atoms with E-state index in [1.165, 1.54) is 12.1 Å². The van der Waals surface area contributed by atoms with E-state index in [4.69, 9.17) is 16.3 Å². The first kappa shape index (κ1) is 15.4. The van der Waals surface area contributed by atoms with Crippen LogP contribution >= 0.6 is 23.5 Å². The Labute approximate surface area is 127 Å². The number of hydrogen-bond donors (Lipinski definition) is 1. The number of carbonyl (C=O) groups excluding carboxylic acids is 1. The van der Waals surface area contributed by atoms with Gasteiger partial charge in [-0.05, 0) is 31.2 Å². The van der Waals surface area contributed by atoms with Gasteiger partial charge in [0, 0.05) is 12.3 Å². The zero-order valence-electron chi connectivity index (χ0n) is 11.4. The van der Waals surface area contributed by atoms with Crippen molar-refractivity contribution < 1.29 is 13.9 Å². The van der Waals surface area contributed by atoms with E-state index >= 15 is 0 Å². The van der Waals surface area contributed by atoms with Crippen LogP contribution in [0.2, 0.25) is 5.02 Å². The van der Waals surface area contributed by atoms with E-state index in [0.29, 0.717) is 11.7 Å². The van der Waals surface area contributed by atoms with E-state index in [1.807, 2.05) is 0 Å². The lowest BCUT2D eigenvalue weighted by molar-refractivity contribution is 0.0980. The molecular formula is C14H17ClFNO2S. The van der Waals surface area contributed by atoms with Gasteiger partial charge in [-0.1, -0.05) is 30.5 Å². The van der Waals surface area contributed by atoms with Crippen molar-refractivity contribution in [2.24, 2.45) is 5.92 Å². The summed E-state index contributed by atoms with van der Waals surface area (Å²) in [5.74, 6) is -0.195. The van der Waals surface area contributed by atoms with Crippen LogP contribution in [0.5, 0.6) is 5.75 Å². The summed E-state index contributed by atoms with van der Waals surface area (Å²) in [6.07, 6.45) is 4.78. The van der Waals surface area contributed by atoms with Crippen LogP contribution in [0.3, 0.4) is 0 Å². The highest BCUT2D eigenvalue weighted by atomic mass is 35.5. The molecule has 0 spiro atoms. The van der Waals surface area contributed by atoms with Crippen molar-refractivity contribution in [2.45, 2.75) is 32.3 Å². The number of benzene rings is 1. The lowest BCUT2D eigenvalue weighted by Crippen LogP contribution is -2.17. The SMILES string of the molecule is CSNC(=O)c1cc(Cl)c(OC2CCC(C)C2)cc1F. The number of rotatable bonds is 4. The molecule has 0 heterocycles. The van der Waals surface area contributed by atoms with E-state index in [2.05, 4.69) is 11.6 Å². The fraction of sp³-hybridized carbons (Fsp3) is 0.500. The topological polar surface area (TPSA) is 38.3 Å². The molecule has 110 valence electrons. The maximum Gasteiger partial charge on any atom is 0.264 e. The van der Waals surface area contributed by atoms with Gasteiger partial charge < -0.3 is 4.74 Å². The van der Waals surface area contributed by atoms with E-state index in [0.717, 1.165) is 31.2 Å². The minimum atomic E-state index is -0.623.